The number of rotatable bonds is 11. The Morgan fingerprint density at radius 1 is 1.14 bits per heavy atom. The average Bonchev–Trinajstić information content (AvgIpc) is 3.29. The van der Waals surface area contributed by atoms with Crippen molar-refractivity contribution >= 4 is 29.3 Å². The van der Waals surface area contributed by atoms with Crippen molar-refractivity contribution in [2.45, 2.75) is 43.8 Å². The highest BCUT2D eigenvalue weighted by Crippen LogP contribution is 2.28. The molecule has 35 heavy (non-hydrogen) atoms. The number of amides is 1. The van der Waals surface area contributed by atoms with E-state index < -0.39 is 0 Å². The van der Waals surface area contributed by atoms with Crippen LogP contribution in [0.1, 0.15) is 37.1 Å². The minimum absolute atomic E-state index is 0.00387. The number of aryl methyl sites for hydroxylation is 1. The summed E-state index contributed by atoms with van der Waals surface area (Å²) >= 11 is 7.87. The first-order valence-corrected chi connectivity index (χ1v) is 13.1. The largest absolute Gasteiger partial charge is 0.496 e. The number of nitrogens with one attached hydrogen (secondary N) is 1. The van der Waals surface area contributed by atoms with Gasteiger partial charge in [0.15, 0.2) is 5.16 Å². The van der Waals surface area contributed by atoms with E-state index in [1.54, 1.807) is 18.9 Å². The van der Waals surface area contributed by atoms with Crippen LogP contribution in [0.5, 0.6) is 5.75 Å². The van der Waals surface area contributed by atoms with E-state index in [0.29, 0.717) is 25.8 Å². The molecule has 1 aliphatic rings. The molecular formula is C27H29ClN4O2S. The first-order valence-electron chi connectivity index (χ1n) is 11.7. The molecule has 8 heteroatoms. The van der Waals surface area contributed by atoms with Crippen LogP contribution in [-0.2, 0) is 17.8 Å². The molecule has 0 fully saturated rings. The molecule has 4 rings (SSSR count). The van der Waals surface area contributed by atoms with Gasteiger partial charge >= 0.3 is 0 Å². The fraction of sp³-hybridized carbons (Fsp3) is 0.296. The number of aromatic nitrogens is 3. The van der Waals surface area contributed by atoms with Gasteiger partial charge in [0.25, 0.3) is 0 Å². The first kappa shape index (κ1) is 25.1. The number of methoxy groups -OCH3 is 1. The van der Waals surface area contributed by atoms with Crippen LogP contribution in [0.2, 0.25) is 0 Å². The molecule has 0 aliphatic heterocycles. The number of nitrogens with zero attached hydrogens (tertiary/aromatic N) is 3. The van der Waals surface area contributed by atoms with E-state index in [1.807, 2.05) is 60.7 Å². The van der Waals surface area contributed by atoms with E-state index in [1.165, 1.54) is 5.57 Å². The highest BCUT2D eigenvalue weighted by Gasteiger charge is 2.16. The third-order valence-electron chi connectivity index (χ3n) is 5.69. The van der Waals surface area contributed by atoms with Crippen molar-refractivity contribution in [1.29, 1.82) is 0 Å². The van der Waals surface area contributed by atoms with E-state index in [-0.39, 0.29) is 5.91 Å². The lowest BCUT2D eigenvalue weighted by Gasteiger charge is -2.12. The molecule has 0 radical (unpaired) electrons. The molecule has 0 spiro atoms. The van der Waals surface area contributed by atoms with Gasteiger partial charge in [0.1, 0.15) is 11.6 Å². The summed E-state index contributed by atoms with van der Waals surface area (Å²) < 4.78 is 7.44. The Hall–Kier alpha value is -3.03. The first-order chi connectivity index (χ1) is 17.1. The van der Waals surface area contributed by atoms with Gasteiger partial charge < -0.3 is 10.1 Å². The summed E-state index contributed by atoms with van der Waals surface area (Å²) in [6.45, 7) is 0.443. The molecule has 1 aliphatic carbocycles. The summed E-state index contributed by atoms with van der Waals surface area (Å²) in [6.07, 6.45) is 7.90. The molecule has 1 N–H and O–H groups in total. The van der Waals surface area contributed by atoms with Gasteiger partial charge in [0.2, 0.25) is 5.91 Å². The fourth-order valence-corrected chi connectivity index (χ4v) is 5.09. The van der Waals surface area contributed by atoms with Crippen molar-refractivity contribution in [3.8, 4) is 11.4 Å². The smallest absolute Gasteiger partial charge is 0.220 e. The Labute approximate surface area is 215 Å². The van der Waals surface area contributed by atoms with Gasteiger partial charge in [-0.25, -0.2) is 0 Å². The lowest BCUT2D eigenvalue weighted by Crippen LogP contribution is -2.23. The molecule has 182 valence electrons. The van der Waals surface area contributed by atoms with Crippen molar-refractivity contribution in [1.82, 2.24) is 20.1 Å². The predicted octanol–water partition coefficient (Wildman–Crippen LogP) is 5.85. The van der Waals surface area contributed by atoms with Gasteiger partial charge in [0, 0.05) is 41.4 Å². The molecule has 6 nitrogen and oxygen atoms in total. The fourth-order valence-electron chi connectivity index (χ4n) is 3.91. The van der Waals surface area contributed by atoms with Gasteiger partial charge in [-0.15, -0.1) is 10.2 Å². The van der Waals surface area contributed by atoms with E-state index in [9.17, 15) is 4.79 Å². The molecule has 0 saturated carbocycles. The van der Waals surface area contributed by atoms with Crippen LogP contribution in [0.25, 0.3) is 5.69 Å². The molecule has 1 aromatic heterocycles. The molecule has 0 atom stereocenters. The van der Waals surface area contributed by atoms with E-state index in [0.717, 1.165) is 51.6 Å². The number of hydrogen-bond acceptors (Lipinski definition) is 5. The molecular weight excluding hydrogens is 480 g/mol. The second kappa shape index (κ2) is 12.6. The Morgan fingerprint density at radius 3 is 2.74 bits per heavy atom. The van der Waals surface area contributed by atoms with Crippen LogP contribution in [0.4, 0.5) is 0 Å². The third kappa shape index (κ3) is 6.99. The number of carbonyl (C=O) groups excluding carboxylic acids is 1. The average molecular weight is 509 g/mol. The van der Waals surface area contributed by atoms with Gasteiger partial charge in [-0.3, -0.25) is 9.36 Å². The number of thioether (sulfide) groups is 1. The van der Waals surface area contributed by atoms with Crippen molar-refractivity contribution in [3.63, 3.8) is 0 Å². The van der Waals surface area contributed by atoms with Crippen LogP contribution in [-0.4, -0.2) is 33.5 Å². The second-order valence-electron chi connectivity index (χ2n) is 8.21. The molecule has 0 bridgehead atoms. The van der Waals surface area contributed by atoms with E-state index >= 15 is 0 Å². The Kier molecular flexibility index (Phi) is 9.03. The van der Waals surface area contributed by atoms with Crippen molar-refractivity contribution < 1.29 is 9.53 Å². The molecule has 2 aromatic carbocycles. The topological polar surface area (TPSA) is 69.0 Å². The van der Waals surface area contributed by atoms with Crippen LogP contribution in [0, 0.1) is 0 Å². The number of benzene rings is 2. The Balaban J connectivity index is 1.37. The monoisotopic (exact) mass is 508 g/mol. The number of halogens is 1. The number of carbonyl (C=O) groups is 1. The maximum Gasteiger partial charge on any atom is 0.220 e. The number of para-hydroxylation sites is 2. The Morgan fingerprint density at radius 2 is 1.94 bits per heavy atom. The minimum atomic E-state index is 0.00387. The van der Waals surface area contributed by atoms with Gasteiger partial charge in [-0.05, 0) is 49.1 Å². The third-order valence-corrected chi connectivity index (χ3v) is 6.99. The number of hydrogen-bond donors (Lipinski definition) is 1. The highest BCUT2D eigenvalue weighted by atomic mass is 35.5. The van der Waals surface area contributed by atoms with Crippen molar-refractivity contribution in [2.24, 2.45) is 0 Å². The molecule has 0 unspecified atom stereocenters. The van der Waals surface area contributed by atoms with Crippen LogP contribution >= 0.6 is 23.4 Å². The molecule has 0 saturated heterocycles. The minimum Gasteiger partial charge on any atom is -0.496 e. The number of ether oxygens (including phenoxy) is 1. The summed E-state index contributed by atoms with van der Waals surface area (Å²) in [5.41, 5.74) is 3.18. The van der Waals surface area contributed by atoms with Gasteiger partial charge in [-0.2, -0.15) is 0 Å². The van der Waals surface area contributed by atoms with E-state index in [4.69, 9.17) is 16.3 Å². The second-order valence-corrected chi connectivity index (χ2v) is 9.64. The normalized spacial score (nSPS) is 13.2. The van der Waals surface area contributed by atoms with Crippen molar-refractivity contribution in [3.05, 3.63) is 88.7 Å². The predicted molar refractivity (Wildman–Crippen MR) is 141 cm³/mol. The van der Waals surface area contributed by atoms with Crippen LogP contribution < -0.4 is 10.1 Å². The Bertz CT molecular complexity index is 1210. The maximum atomic E-state index is 12.4. The summed E-state index contributed by atoms with van der Waals surface area (Å²) in [4.78, 5) is 12.4. The zero-order valence-electron chi connectivity index (χ0n) is 19.7. The summed E-state index contributed by atoms with van der Waals surface area (Å²) in [5.74, 6) is 2.41. The molecule has 1 heterocycles. The van der Waals surface area contributed by atoms with Crippen molar-refractivity contribution in [2.75, 3.05) is 12.9 Å². The summed E-state index contributed by atoms with van der Waals surface area (Å²) in [5, 5.41) is 13.7. The zero-order chi connectivity index (χ0) is 24.5. The highest BCUT2D eigenvalue weighted by molar-refractivity contribution is 7.99. The summed E-state index contributed by atoms with van der Waals surface area (Å²) in [7, 11) is 1.63. The lowest BCUT2D eigenvalue weighted by atomic mass is 10.1. The zero-order valence-corrected chi connectivity index (χ0v) is 21.3. The molecule has 3 aromatic rings. The van der Waals surface area contributed by atoms with Gasteiger partial charge in [0.05, 0.1) is 7.11 Å². The molecule has 1 amide bonds. The quantitative estimate of drug-likeness (QED) is 0.329. The summed E-state index contributed by atoms with van der Waals surface area (Å²) in [6, 6.07) is 17.8. The maximum absolute atomic E-state index is 12.4. The van der Waals surface area contributed by atoms with Crippen LogP contribution in [0.15, 0.2) is 82.5 Å². The SMILES string of the molecule is COc1ccccc1CNC(=O)CCCc1nnc(SCC2=CCCC(Cl)=C2)n1-c1ccccc1. The van der Waals surface area contributed by atoms with Crippen LogP contribution in [0.3, 0.4) is 0 Å². The standard InChI is InChI=1S/C27H29ClN4O2S/c1-34-24-14-6-5-10-21(24)18-29-26(33)16-8-15-25-30-31-27(32(25)23-12-3-2-4-13-23)35-19-20-9-7-11-22(28)17-20/h2-6,9-10,12-14,17H,7-8,11,15-16,18-19H2,1H3,(H,29,33). The lowest BCUT2D eigenvalue weighted by molar-refractivity contribution is -0.121. The van der Waals surface area contributed by atoms with E-state index in [2.05, 4.69) is 26.2 Å². The van der Waals surface area contributed by atoms with Gasteiger partial charge in [-0.1, -0.05) is 65.8 Å². The number of allylic oxidation sites excluding steroid dienone is 3.